The number of aromatic nitrogens is 4. The number of nitrogens with zero attached hydrogens (tertiary/aromatic N) is 4. The Balaban J connectivity index is 1.95. The predicted molar refractivity (Wildman–Crippen MR) is 60.2 cm³/mol. The summed E-state index contributed by atoms with van der Waals surface area (Å²) in [6.07, 6.45) is 0.558. The number of hydrogen-bond acceptors (Lipinski definition) is 5. The summed E-state index contributed by atoms with van der Waals surface area (Å²) < 4.78 is 41.9. The Bertz CT molecular complexity index is 493. The fraction of sp³-hybridized carbons (Fsp3) is 0.444. The third kappa shape index (κ3) is 3.19. The van der Waals surface area contributed by atoms with E-state index in [4.69, 9.17) is 0 Å². The molecule has 0 fully saturated rings. The second-order valence-corrected chi connectivity index (χ2v) is 4.48. The van der Waals surface area contributed by atoms with Crippen LogP contribution in [0.5, 0.6) is 0 Å². The van der Waals surface area contributed by atoms with Crippen LogP contribution < -0.4 is 5.32 Å². The zero-order valence-electron chi connectivity index (χ0n) is 9.35. The maximum Gasteiger partial charge on any atom is 0.452 e. The van der Waals surface area contributed by atoms with Gasteiger partial charge in [0.1, 0.15) is 0 Å². The maximum atomic E-state index is 12.3. The molecule has 1 N–H and O–H groups in total. The molecule has 2 heterocycles. The number of nitrogens with one attached hydrogen (secondary N) is 1. The molecule has 2 aromatic heterocycles. The molecule has 0 spiro atoms. The Morgan fingerprint density at radius 1 is 1.50 bits per heavy atom. The quantitative estimate of drug-likeness (QED) is 0.931. The molecular weight excluding hydrogens is 267 g/mol. The van der Waals surface area contributed by atoms with E-state index in [0.717, 1.165) is 0 Å². The van der Waals surface area contributed by atoms with Crippen LogP contribution in [0.1, 0.15) is 12.7 Å². The highest BCUT2D eigenvalue weighted by Crippen LogP contribution is 2.29. The molecule has 0 saturated carbocycles. The monoisotopic (exact) mass is 277 g/mol. The predicted octanol–water partition coefficient (Wildman–Crippen LogP) is 2.25. The average molecular weight is 277 g/mol. The zero-order chi connectivity index (χ0) is 13.2. The van der Waals surface area contributed by atoms with Gasteiger partial charge in [-0.15, -0.1) is 0 Å². The summed E-state index contributed by atoms with van der Waals surface area (Å²) in [4.78, 5) is 7.28. The normalized spacial score (nSPS) is 13.6. The lowest BCUT2D eigenvalue weighted by Gasteiger charge is -2.12. The first-order valence-corrected chi connectivity index (χ1v) is 5.85. The molecule has 0 saturated heterocycles. The summed E-state index contributed by atoms with van der Waals surface area (Å²) in [5, 5.41) is 3.03. The van der Waals surface area contributed by atoms with Crippen LogP contribution in [0.3, 0.4) is 0 Å². The molecule has 9 heteroatoms. The van der Waals surface area contributed by atoms with Crippen LogP contribution in [0.2, 0.25) is 0 Å². The third-order valence-corrected chi connectivity index (χ3v) is 2.74. The molecule has 2 aromatic rings. The molecule has 0 amide bonds. The molecule has 1 unspecified atom stereocenters. The van der Waals surface area contributed by atoms with E-state index in [-0.39, 0.29) is 11.2 Å². The van der Waals surface area contributed by atoms with Gasteiger partial charge in [-0.25, -0.2) is 4.98 Å². The highest BCUT2D eigenvalue weighted by atomic mass is 32.1. The van der Waals surface area contributed by atoms with Gasteiger partial charge in [-0.05, 0) is 6.92 Å². The van der Waals surface area contributed by atoms with Crippen LogP contribution >= 0.6 is 11.5 Å². The first-order chi connectivity index (χ1) is 8.45. The SMILES string of the molecule is CC(Cn1ccnc1)Nc1nc(C(F)(F)F)ns1. The first kappa shape index (κ1) is 12.8. The Labute approximate surface area is 105 Å². The van der Waals surface area contributed by atoms with Gasteiger partial charge < -0.3 is 9.88 Å². The van der Waals surface area contributed by atoms with Gasteiger partial charge in [0.15, 0.2) is 0 Å². The van der Waals surface area contributed by atoms with Crippen LogP contribution in [0.25, 0.3) is 0 Å². The molecule has 0 radical (unpaired) electrons. The van der Waals surface area contributed by atoms with Crippen LogP contribution in [0.4, 0.5) is 18.3 Å². The maximum absolute atomic E-state index is 12.3. The van der Waals surface area contributed by atoms with Gasteiger partial charge >= 0.3 is 6.18 Å². The highest BCUT2D eigenvalue weighted by Gasteiger charge is 2.36. The number of halogens is 3. The van der Waals surface area contributed by atoms with Crippen LogP contribution in [-0.2, 0) is 12.7 Å². The van der Waals surface area contributed by atoms with Crippen molar-refractivity contribution in [2.75, 3.05) is 5.32 Å². The Hall–Kier alpha value is -1.64. The summed E-state index contributed by atoms with van der Waals surface area (Å²) in [7, 11) is 0. The van der Waals surface area contributed by atoms with Crippen LogP contribution in [0, 0.1) is 0 Å². The Kier molecular flexibility index (Phi) is 3.50. The Morgan fingerprint density at radius 3 is 2.83 bits per heavy atom. The standard InChI is InChI=1S/C9H10F3N5S/c1-6(4-17-3-2-13-5-17)14-8-15-7(16-18-8)9(10,11)12/h2-3,5-6H,4H2,1H3,(H,14,15,16). The largest absolute Gasteiger partial charge is 0.452 e. The summed E-state index contributed by atoms with van der Waals surface area (Å²) in [6.45, 7) is 2.43. The smallest absolute Gasteiger partial charge is 0.356 e. The minimum absolute atomic E-state index is 0.0757. The summed E-state index contributed by atoms with van der Waals surface area (Å²) in [6, 6.07) is -0.0757. The van der Waals surface area contributed by atoms with E-state index in [1.807, 2.05) is 11.5 Å². The molecule has 0 aliphatic carbocycles. The average Bonchev–Trinajstić information content (AvgIpc) is 2.87. The second-order valence-electron chi connectivity index (χ2n) is 3.73. The lowest BCUT2D eigenvalue weighted by molar-refractivity contribution is -0.144. The molecule has 0 aliphatic heterocycles. The van der Waals surface area contributed by atoms with Crippen molar-refractivity contribution in [1.29, 1.82) is 0 Å². The molecule has 0 aliphatic rings. The van der Waals surface area contributed by atoms with Crippen LogP contribution in [-0.4, -0.2) is 25.0 Å². The van der Waals surface area contributed by atoms with E-state index in [9.17, 15) is 13.2 Å². The van der Waals surface area contributed by atoms with E-state index >= 15 is 0 Å². The lowest BCUT2D eigenvalue weighted by Crippen LogP contribution is -2.21. The molecule has 0 aromatic carbocycles. The second kappa shape index (κ2) is 4.92. The van der Waals surface area contributed by atoms with Crippen molar-refractivity contribution in [3.05, 3.63) is 24.5 Å². The highest BCUT2D eigenvalue weighted by molar-refractivity contribution is 7.09. The van der Waals surface area contributed by atoms with Gasteiger partial charge in [0.25, 0.3) is 0 Å². The van der Waals surface area contributed by atoms with Crippen LogP contribution in [0.15, 0.2) is 18.7 Å². The number of alkyl halides is 3. The molecular formula is C9H10F3N5S. The molecule has 5 nitrogen and oxygen atoms in total. The van der Waals surface area contributed by atoms with Gasteiger partial charge in [0.05, 0.1) is 6.33 Å². The van der Waals surface area contributed by atoms with Crippen molar-refractivity contribution in [2.24, 2.45) is 0 Å². The molecule has 1 atom stereocenters. The topological polar surface area (TPSA) is 55.6 Å². The summed E-state index contributed by atoms with van der Waals surface area (Å²) in [5.74, 6) is -1.11. The fourth-order valence-corrected chi connectivity index (χ4v) is 2.06. The van der Waals surface area contributed by atoms with Crippen molar-refractivity contribution < 1.29 is 13.2 Å². The van der Waals surface area contributed by atoms with Crippen molar-refractivity contribution in [3.63, 3.8) is 0 Å². The van der Waals surface area contributed by atoms with Crippen molar-refractivity contribution >= 4 is 16.7 Å². The molecule has 2 rings (SSSR count). The number of anilines is 1. The summed E-state index contributed by atoms with van der Waals surface area (Å²) >= 11 is 0.700. The molecule has 98 valence electrons. The number of rotatable bonds is 4. The van der Waals surface area contributed by atoms with E-state index in [2.05, 4.69) is 19.7 Å². The zero-order valence-corrected chi connectivity index (χ0v) is 10.2. The van der Waals surface area contributed by atoms with E-state index < -0.39 is 12.0 Å². The fourth-order valence-electron chi connectivity index (χ4n) is 1.36. The van der Waals surface area contributed by atoms with Gasteiger partial charge in [-0.3, -0.25) is 0 Å². The Morgan fingerprint density at radius 2 is 2.28 bits per heavy atom. The van der Waals surface area contributed by atoms with E-state index in [1.54, 1.807) is 18.7 Å². The number of hydrogen-bond donors (Lipinski definition) is 1. The number of imidazole rings is 1. The van der Waals surface area contributed by atoms with Gasteiger partial charge in [0, 0.05) is 36.5 Å². The third-order valence-electron chi connectivity index (χ3n) is 2.09. The minimum Gasteiger partial charge on any atom is -0.356 e. The van der Waals surface area contributed by atoms with Crippen molar-refractivity contribution in [3.8, 4) is 0 Å². The van der Waals surface area contributed by atoms with Gasteiger partial charge in [-0.1, -0.05) is 0 Å². The molecule has 18 heavy (non-hydrogen) atoms. The van der Waals surface area contributed by atoms with Crippen molar-refractivity contribution in [2.45, 2.75) is 25.7 Å². The van der Waals surface area contributed by atoms with Gasteiger partial charge in [-0.2, -0.15) is 22.5 Å². The molecule has 0 bridgehead atoms. The minimum atomic E-state index is -4.50. The van der Waals surface area contributed by atoms with E-state index in [1.165, 1.54) is 0 Å². The van der Waals surface area contributed by atoms with Crippen molar-refractivity contribution in [1.82, 2.24) is 18.9 Å². The lowest BCUT2D eigenvalue weighted by atomic mass is 10.3. The van der Waals surface area contributed by atoms with Gasteiger partial charge in [0.2, 0.25) is 11.0 Å². The van der Waals surface area contributed by atoms with E-state index in [0.29, 0.717) is 18.1 Å². The summed E-state index contributed by atoms with van der Waals surface area (Å²) in [5.41, 5.74) is 0. The first-order valence-electron chi connectivity index (χ1n) is 5.08.